The Labute approximate surface area is 341 Å². The first-order valence-corrected chi connectivity index (χ1v) is 24.2. The van der Waals surface area contributed by atoms with Gasteiger partial charge in [0.25, 0.3) is 0 Å². The number of carbonyl (C=O) groups excluding carboxylic acids is 3. The van der Waals surface area contributed by atoms with Crippen LogP contribution in [0.1, 0.15) is 265 Å². The maximum Gasteiger partial charge on any atom is 0.306 e. The van der Waals surface area contributed by atoms with Gasteiger partial charge in [-0.25, -0.2) is 0 Å². The number of hydrogen-bond donors (Lipinski definition) is 0. The van der Waals surface area contributed by atoms with Crippen molar-refractivity contribution in [1.82, 2.24) is 0 Å². The Kier molecular flexibility index (Phi) is 43.4. The number of unbranched alkanes of at least 4 members (excludes halogenated alkanes) is 31. The predicted molar refractivity (Wildman–Crippen MR) is 233 cm³/mol. The summed E-state index contributed by atoms with van der Waals surface area (Å²) in [7, 11) is 0. The monoisotopic (exact) mass is 777 g/mol. The van der Waals surface area contributed by atoms with Gasteiger partial charge < -0.3 is 14.2 Å². The van der Waals surface area contributed by atoms with Gasteiger partial charge in [0.05, 0.1) is 0 Å². The summed E-state index contributed by atoms with van der Waals surface area (Å²) in [5.74, 6) is -0.868. The Hall–Kier alpha value is -1.85. The van der Waals surface area contributed by atoms with E-state index in [0.717, 1.165) is 64.2 Å². The smallest absolute Gasteiger partial charge is 0.306 e. The molecule has 0 N–H and O–H groups in total. The fraction of sp³-hybridized carbons (Fsp3) is 0.898. The summed E-state index contributed by atoms with van der Waals surface area (Å²) in [6.45, 7) is 6.62. The Morgan fingerprint density at radius 3 is 0.909 bits per heavy atom. The molecule has 0 aromatic heterocycles. The molecule has 0 unspecified atom stereocenters. The van der Waals surface area contributed by atoms with E-state index < -0.39 is 6.10 Å². The molecule has 324 valence electrons. The third-order valence-electron chi connectivity index (χ3n) is 10.8. The molecular formula is C49H92O6. The molecule has 6 heteroatoms. The zero-order valence-electron chi connectivity index (χ0n) is 37.0. The second kappa shape index (κ2) is 44.9. The van der Waals surface area contributed by atoms with Crippen LogP contribution in [0.25, 0.3) is 0 Å². The third-order valence-corrected chi connectivity index (χ3v) is 10.8. The lowest BCUT2D eigenvalue weighted by molar-refractivity contribution is -0.167. The topological polar surface area (TPSA) is 78.9 Å². The van der Waals surface area contributed by atoms with Crippen molar-refractivity contribution in [2.75, 3.05) is 13.2 Å². The van der Waals surface area contributed by atoms with Gasteiger partial charge in [0, 0.05) is 19.3 Å². The van der Waals surface area contributed by atoms with Crippen molar-refractivity contribution in [2.45, 2.75) is 271 Å². The number of allylic oxidation sites excluding steroid dienone is 2. The van der Waals surface area contributed by atoms with Crippen LogP contribution in [-0.4, -0.2) is 37.2 Å². The van der Waals surface area contributed by atoms with E-state index in [4.69, 9.17) is 14.2 Å². The van der Waals surface area contributed by atoms with Crippen molar-refractivity contribution in [1.29, 1.82) is 0 Å². The summed E-state index contributed by atoms with van der Waals surface area (Å²) >= 11 is 0. The minimum Gasteiger partial charge on any atom is -0.462 e. The van der Waals surface area contributed by atoms with Gasteiger partial charge in [-0.2, -0.15) is 0 Å². The molecule has 0 aromatic carbocycles. The van der Waals surface area contributed by atoms with Crippen molar-refractivity contribution >= 4 is 17.9 Å². The van der Waals surface area contributed by atoms with Crippen LogP contribution in [0, 0.1) is 0 Å². The molecule has 0 bridgehead atoms. The maximum absolute atomic E-state index is 12.7. The largest absolute Gasteiger partial charge is 0.462 e. The molecule has 1 atom stereocenters. The van der Waals surface area contributed by atoms with Crippen molar-refractivity contribution in [3.8, 4) is 0 Å². The molecule has 0 radical (unpaired) electrons. The molecule has 0 amide bonds. The molecule has 0 aromatic rings. The molecule has 6 nitrogen and oxygen atoms in total. The van der Waals surface area contributed by atoms with Gasteiger partial charge in [-0.05, 0) is 44.9 Å². The highest BCUT2D eigenvalue weighted by atomic mass is 16.6. The highest BCUT2D eigenvalue weighted by Crippen LogP contribution is 2.15. The number of hydrogen-bond acceptors (Lipinski definition) is 6. The van der Waals surface area contributed by atoms with Gasteiger partial charge in [-0.3, -0.25) is 14.4 Å². The fourth-order valence-corrected chi connectivity index (χ4v) is 7.08. The predicted octanol–water partition coefficient (Wildman–Crippen LogP) is 15.4. The molecule has 0 rings (SSSR count). The van der Waals surface area contributed by atoms with E-state index >= 15 is 0 Å². The van der Waals surface area contributed by atoms with Gasteiger partial charge in [0.1, 0.15) is 13.2 Å². The molecule has 0 saturated carbocycles. The minimum atomic E-state index is -0.764. The lowest BCUT2D eigenvalue weighted by atomic mass is 10.0. The molecule has 0 aliphatic heterocycles. The van der Waals surface area contributed by atoms with E-state index in [1.54, 1.807) is 0 Å². The van der Waals surface area contributed by atoms with E-state index in [1.807, 2.05) is 0 Å². The Morgan fingerprint density at radius 1 is 0.345 bits per heavy atom. The molecule has 0 spiro atoms. The van der Waals surface area contributed by atoms with Gasteiger partial charge in [0.15, 0.2) is 6.10 Å². The minimum absolute atomic E-state index is 0.0682. The van der Waals surface area contributed by atoms with Crippen molar-refractivity contribution in [3.05, 3.63) is 12.2 Å². The number of esters is 3. The molecule has 0 fully saturated rings. The Balaban J connectivity index is 4.31. The molecule has 0 aliphatic carbocycles. The third kappa shape index (κ3) is 43.1. The van der Waals surface area contributed by atoms with E-state index in [1.165, 1.54) is 161 Å². The Bertz CT molecular complexity index is 854. The van der Waals surface area contributed by atoms with Gasteiger partial charge in [-0.15, -0.1) is 0 Å². The van der Waals surface area contributed by atoms with Crippen molar-refractivity contribution in [2.24, 2.45) is 0 Å². The van der Waals surface area contributed by atoms with Crippen LogP contribution in [0.3, 0.4) is 0 Å². The highest BCUT2D eigenvalue weighted by Gasteiger charge is 2.19. The summed E-state index contributed by atoms with van der Waals surface area (Å²) in [6.07, 6.45) is 47.6. The molecule has 0 heterocycles. The van der Waals surface area contributed by atoms with Crippen LogP contribution in [-0.2, 0) is 28.6 Å². The highest BCUT2D eigenvalue weighted by molar-refractivity contribution is 5.71. The lowest BCUT2D eigenvalue weighted by Crippen LogP contribution is -2.30. The van der Waals surface area contributed by atoms with Crippen LogP contribution in [0.4, 0.5) is 0 Å². The first-order chi connectivity index (χ1) is 27.0. The molecule has 0 saturated heterocycles. The fourth-order valence-electron chi connectivity index (χ4n) is 7.08. The zero-order valence-corrected chi connectivity index (χ0v) is 37.0. The number of rotatable bonds is 44. The number of ether oxygens (including phenoxy) is 3. The van der Waals surface area contributed by atoms with Gasteiger partial charge >= 0.3 is 17.9 Å². The van der Waals surface area contributed by atoms with Gasteiger partial charge in [0.2, 0.25) is 0 Å². The molecular weight excluding hydrogens is 685 g/mol. The van der Waals surface area contributed by atoms with E-state index in [2.05, 4.69) is 32.9 Å². The molecule has 55 heavy (non-hydrogen) atoms. The van der Waals surface area contributed by atoms with E-state index in [9.17, 15) is 14.4 Å². The van der Waals surface area contributed by atoms with E-state index in [-0.39, 0.29) is 31.1 Å². The summed E-state index contributed by atoms with van der Waals surface area (Å²) in [5.41, 5.74) is 0. The lowest BCUT2D eigenvalue weighted by Gasteiger charge is -2.18. The quantitative estimate of drug-likeness (QED) is 0.0265. The Morgan fingerprint density at radius 2 is 0.600 bits per heavy atom. The van der Waals surface area contributed by atoms with Crippen LogP contribution < -0.4 is 0 Å². The standard InChI is InChI=1S/C49H92O6/c1-4-7-10-13-16-19-21-23-24-26-27-30-33-36-39-42-48(51)54-45-46(44-53-47(50)41-38-35-32-29-18-15-12-9-6-3)55-49(52)43-40-37-34-31-28-25-22-20-17-14-11-8-5-2/h23-24,46H,4-22,25-45H2,1-3H3/b24-23-/t46-/m1/s1. The van der Waals surface area contributed by atoms with E-state index in [0.29, 0.717) is 19.3 Å². The summed E-state index contributed by atoms with van der Waals surface area (Å²) < 4.78 is 16.7. The summed E-state index contributed by atoms with van der Waals surface area (Å²) in [5, 5.41) is 0. The van der Waals surface area contributed by atoms with Crippen LogP contribution in [0.5, 0.6) is 0 Å². The first-order valence-electron chi connectivity index (χ1n) is 24.2. The van der Waals surface area contributed by atoms with Crippen LogP contribution in [0.2, 0.25) is 0 Å². The van der Waals surface area contributed by atoms with Crippen LogP contribution in [0.15, 0.2) is 12.2 Å². The zero-order chi connectivity index (χ0) is 40.1. The van der Waals surface area contributed by atoms with Crippen LogP contribution >= 0.6 is 0 Å². The number of carbonyl (C=O) groups is 3. The summed E-state index contributed by atoms with van der Waals surface area (Å²) in [4.78, 5) is 37.7. The normalized spacial score (nSPS) is 12.0. The van der Waals surface area contributed by atoms with Crippen molar-refractivity contribution in [3.63, 3.8) is 0 Å². The second-order valence-corrected chi connectivity index (χ2v) is 16.4. The molecule has 0 aliphatic rings. The average Bonchev–Trinajstić information content (AvgIpc) is 3.18. The first kappa shape index (κ1) is 53.1. The summed E-state index contributed by atoms with van der Waals surface area (Å²) in [6, 6.07) is 0. The van der Waals surface area contributed by atoms with Crippen molar-refractivity contribution < 1.29 is 28.6 Å². The van der Waals surface area contributed by atoms with Gasteiger partial charge in [-0.1, -0.05) is 213 Å². The SMILES string of the molecule is CCCCCCCC/C=C\CCCCCCCC(=O)OC[C@@H](COC(=O)CCCCCCCCCCC)OC(=O)CCCCCCCCCCCCCCC. The second-order valence-electron chi connectivity index (χ2n) is 16.4. The maximum atomic E-state index is 12.7. The average molecular weight is 777 g/mol.